The number of hydrogen-bond donors (Lipinski definition) is 2. The summed E-state index contributed by atoms with van der Waals surface area (Å²) < 4.78 is 13.5. The number of phenols is 1. The molecule has 0 amide bonds. The molecule has 0 aliphatic carbocycles. The highest BCUT2D eigenvalue weighted by atomic mass is 79.9. The number of hydrogen-bond acceptors (Lipinski definition) is 5. The molecule has 0 radical (unpaired) electrons. The zero-order chi connectivity index (χ0) is 19.3. The molecule has 3 aromatic rings. The molecule has 0 saturated heterocycles. The largest absolute Gasteiger partial charge is 0.503 e. The molecule has 2 heterocycles. The summed E-state index contributed by atoms with van der Waals surface area (Å²) in [5, 5.41) is 29.0. The minimum absolute atomic E-state index is 0.00405. The van der Waals surface area contributed by atoms with Crippen LogP contribution in [0.4, 0.5) is 0 Å². The minimum atomic E-state index is -0.778. The zero-order valence-corrected chi connectivity index (χ0v) is 16.2. The molecule has 2 aromatic carbocycles. The summed E-state index contributed by atoms with van der Waals surface area (Å²) in [6.45, 7) is 0. The average Bonchev–Trinajstić information content (AvgIpc) is 3.04. The third kappa shape index (κ3) is 2.56. The van der Waals surface area contributed by atoms with E-state index >= 15 is 0 Å². The fourth-order valence-corrected chi connectivity index (χ4v) is 4.10. The number of ether oxygens (including phenoxy) is 2. The van der Waals surface area contributed by atoms with Crippen molar-refractivity contribution in [3.63, 3.8) is 0 Å². The summed E-state index contributed by atoms with van der Waals surface area (Å²) >= 11 is 3.34. The standard InChI is InChI=1S/C20H16BrN3O3/c1-24-6-5-11-15(24)4-3-12-17(13(9-22)20(23)27-19(11)12)10-7-14(21)18(25)16(8-10)26-2/h3-8,13,17,23,25H,1-2H3. The molecule has 2 atom stereocenters. The molecule has 2 unspecified atom stereocenters. The van der Waals surface area contributed by atoms with Gasteiger partial charge in [-0.1, -0.05) is 6.07 Å². The average molecular weight is 426 g/mol. The fraction of sp³-hybridized carbons (Fsp3) is 0.200. The lowest BCUT2D eigenvalue weighted by Gasteiger charge is -2.31. The van der Waals surface area contributed by atoms with Gasteiger partial charge < -0.3 is 19.1 Å². The van der Waals surface area contributed by atoms with Crippen molar-refractivity contribution in [3.05, 3.63) is 52.1 Å². The Labute approximate surface area is 164 Å². The molecule has 0 bridgehead atoms. The van der Waals surface area contributed by atoms with E-state index in [1.54, 1.807) is 12.1 Å². The summed E-state index contributed by atoms with van der Waals surface area (Å²) in [5.74, 6) is -0.388. The minimum Gasteiger partial charge on any atom is -0.503 e. The first-order chi connectivity index (χ1) is 13.0. The van der Waals surface area contributed by atoms with Crippen LogP contribution in [0.25, 0.3) is 10.9 Å². The van der Waals surface area contributed by atoms with Crippen molar-refractivity contribution in [2.75, 3.05) is 7.11 Å². The van der Waals surface area contributed by atoms with Gasteiger partial charge >= 0.3 is 0 Å². The molecule has 4 rings (SSSR count). The predicted molar refractivity (Wildman–Crippen MR) is 105 cm³/mol. The Morgan fingerprint density at radius 3 is 2.81 bits per heavy atom. The first kappa shape index (κ1) is 17.4. The van der Waals surface area contributed by atoms with Gasteiger partial charge in [0.1, 0.15) is 11.7 Å². The summed E-state index contributed by atoms with van der Waals surface area (Å²) in [5.41, 5.74) is 2.57. The van der Waals surface area contributed by atoms with Crippen LogP contribution in [-0.2, 0) is 7.05 Å². The van der Waals surface area contributed by atoms with Crippen LogP contribution >= 0.6 is 15.9 Å². The number of halogens is 1. The molecule has 6 nitrogen and oxygen atoms in total. The number of nitrogens with zero attached hydrogens (tertiary/aromatic N) is 2. The molecule has 136 valence electrons. The molecule has 0 saturated carbocycles. The molecule has 1 aliphatic rings. The van der Waals surface area contributed by atoms with Crippen LogP contribution in [0.3, 0.4) is 0 Å². The number of aromatic nitrogens is 1. The van der Waals surface area contributed by atoms with E-state index in [1.165, 1.54) is 7.11 Å². The molecule has 7 heteroatoms. The quantitative estimate of drug-likeness (QED) is 0.640. The first-order valence-electron chi connectivity index (χ1n) is 8.26. The van der Waals surface area contributed by atoms with Crippen molar-refractivity contribution in [2.24, 2.45) is 13.0 Å². The monoisotopic (exact) mass is 425 g/mol. The lowest BCUT2D eigenvalue weighted by Crippen LogP contribution is -2.31. The van der Waals surface area contributed by atoms with E-state index in [9.17, 15) is 10.4 Å². The van der Waals surface area contributed by atoms with Crippen molar-refractivity contribution < 1.29 is 14.6 Å². The maximum absolute atomic E-state index is 10.1. The molecule has 0 spiro atoms. The van der Waals surface area contributed by atoms with Gasteiger partial charge in [0.25, 0.3) is 0 Å². The van der Waals surface area contributed by atoms with Gasteiger partial charge in [-0.15, -0.1) is 0 Å². The van der Waals surface area contributed by atoms with Gasteiger partial charge in [-0.05, 0) is 45.8 Å². The molecule has 27 heavy (non-hydrogen) atoms. The van der Waals surface area contributed by atoms with Crippen LogP contribution in [0, 0.1) is 22.7 Å². The van der Waals surface area contributed by atoms with Gasteiger partial charge in [-0.2, -0.15) is 5.26 Å². The predicted octanol–water partition coefficient (Wildman–Crippen LogP) is 4.30. The van der Waals surface area contributed by atoms with Gasteiger partial charge in [-0.25, -0.2) is 0 Å². The van der Waals surface area contributed by atoms with Crippen LogP contribution in [0.2, 0.25) is 0 Å². The zero-order valence-electron chi connectivity index (χ0n) is 14.7. The highest BCUT2D eigenvalue weighted by molar-refractivity contribution is 9.10. The number of aryl methyl sites for hydroxylation is 1. The van der Waals surface area contributed by atoms with Crippen molar-refractivity contribution in [2.45, 2.75) is 5.92 Å². The summed E-state index contributed by atoms with van der Waals surface area (Å²) in [4.78, 5) is 0. The summed E-state index contributed by atoms with van der Waals surface area (Å²) in [7, 11) is 3.42. The van der Waals surface area contributed by atoms with E-state index in [4.69, 9.17) is 14.9 Å². The Kier molecular flexibility index (Phi) is 4.08. The Bertz CT molecular complexity index is 1130. The number of nitriles is 1. The number of fused-ring (bicyclic) bond motifs is 3. The van der Waals surface area contributed by atoms with Crippen LogP contribution in [0.15, 0.2) is 41.0 Å². The van der Waals surface area contributed by atoms with E-state index < -0.39 is 11.8 Å². The van der Waals surface area contributed by atoms with Crippen molar-refractivity contribution in [1.29, 1.82) is 10.7 Å². The van der Waals surface area contributed by atoms with E-state index in [0.29, 0.717) is 16.0 Å². The summed E-state index contributed by atoms with van der Waals surface area (Å²) in [6.07, 6.45) is 1.93. The van der Waals surface area contributed by atoms with Crippen LogP contribution in [-0.4, -0.2) is 22.7 Å². The van der Waals surface area contributed by atoms with Gasteiger partial charge in [-0.3, -0.25) is 5.41 Å². The van der Waals surface area contributed by atoms with Crippen LogP contribution in [0.5, 0.6) is 17.2 Å². The second-order valence-electron chi connectivity index (χ2n) is 6.45. The van der Waals surface area contributed by atoms with E-state index in [-0.39, 0.29) is 11.6 Å². The van der Waals surface area contributed by atoms with Gasteiger partial charge in [0.15, 0.2) is 11.5 Å². The summed E-state index contributed by atoms with van der Waals surface area (Å²) in [6, 6.07) is 11.5. The van der Waals surface area contributed by atoms with E-state index in [1.807, 2.05) is 36.0 Å². The molecular weight excluding hydrogens is 410 g/mol. The topological polar surface area (TPSA) is 91.3 Å². The van der Waals surface area contributed by atoms with Crippen molar-refractivity contribution in [1.82, 2.24) is 4.57 Å². The molecule has 1 aromatic heterocycles. The number of aromatic hydroxyl groups is 1. The molecular formula is C20H16BrN3O3. The SMILES string of the molecule is COc1cc(C2c3ccc4c(ccn4C)c3OC(=N)C2C#N)cc(Br)c1O. The lowest BCUT2D eigenvalue weighted by molar-refractivity contribution is 0.370. The number of nitrogens with one attached hydrogen (secondary N) is 1. The second-order valence-corrected chi connectivity index (χ2v) is 7.30. The Morgan fingerprint density at radius 2 is 2.11 bits per heavy atom. The number of benzene rings is 2. The van der Waals surface area contributed by atoms with Gasteiger partial charge in [0.2, 0.25) is 5.90 Å². The third-order valence-corrected chi connectivity index (χ3v) is 5.58. The number of rotatable bonds is 2. The highest BCUT2D eigenvalue weighted by Crippen LogP contribution is 2.48. The van der Waals surface area contributed by atoms with Crippen molar-refractivity contribution in [3.8, 4) is 23.3 Å². The Morgan fingerprint density at radius 1 is 1.33 bits per heavy atom. The molecule has 1 aliphatic heterocycles. The Hall–Kier alpha value is -2.98. The van der Waals surface area contributed by atoms with Crippen LogP contribution in [0.1, 0.15) is 17.0 Å². The smallest absolute Gasteiger partial charge is 0.205 e. The number of phenolic OH excluding ortho intramolecular Hbond substituents is 1. The number of methoxy groups -OCH3 is 1. The highest BCUT2D eigenvalue weighted by Gasteiger charge is 2.38. The molecule has 2 N–H and O–H groups in total. The van der Waals surface area contributed by atoms with E-state index in [0.717, 1.165) is 22.0 Å². The van der Waals surface area contributed by atoms with E-state index in [2.05, 4.69) is 22.0 Å². The van der Waals surface area contributed by atoms with Gasteiger partial charge in [0.05, 0.1) is 23.2 Å². The third-order valence-electron chi connectivity index (χ3n) is 4.98. The van der Waals surface area contributed by atoms with Gasteiger partial charge in [0, 0.05) is 30.1 Å². The van der Waals surface area contributed by atoms with Crippen LogP contribution < -0.4 is 9.47 Å². The lowest BCUT2D eigenvalue weighted by atomic mass is 9.78. The second kappa shape index (κ2) is 6.32. The normalized spacial score (nSPS) is 18.7. The fourth-order valence-electron chi connectivity index (χ4n) is 3.64. The molecule has 0 fully saturated rings. The van der Waals surface area contributed by atoms with Crippen molar-refractivity contribution >= 4 is 32.7 Å². The first-order valence-corrected chi connectivity index (χ1v) is 9.05. The maximum atomic E-state index is 10.1. The Balaban J connectivity index is 2.00. The maximum Gasteiger partial charge on any atom is 0.205 e.